The molecule has 1 aromatic rings. The van der Waals surface area contributed by atoms with Gasteiger partial charge >= 0.3 is 0 Å². The van der Waals surface area contributed by atoms with Crippen LogP contribution >= 0.6 is 23.1 Å². The fourth-order valence-electron chi connectivity index (χ4n) is 2.16. The number of fused-ring (bicyclic) bond motifs is 1. The van der Waals surface area contributed by atoms with Gasteiger partial charge in [0, 0.05) is 5.56 Å². The van der Waals surface area contributed by atoms with Crippen LogP contribution in [-0.4, -0.2) is 17.2 Å². The van der Waals surface area contributed by atoms with E-state index < -0.39 is 0 Å². The third kappa shape index (κ3) is 1.93. The van der Waals surface area contributed by atoms with Gasteiger partial charge in [0.25, 0.3) is 0 Å². The topological polar surface area (TPSA) is 32.6 Å². The molecule has 0 aromatic carbocycles. The summed E-state index contributed by atoms with van der Waals surface area (Å²) >= 11 is 3.49. The first-order valence-corrected chi connectivity index (χ1v) is 7.03. The summed E-state index contributed by atoms with van der Waals surface area (Å²) in [7, 11) is 0. The van der Waals surface area contributed by atoms with Crippen molar-refractivity contribution in [3.05, 3.63) is 16.5 Å². The van der Waals surface area contributed by atoms with E-state index in [1.54, 1.807) is 23.1 Å². The van der Waals surface area contributed by atoms with Crippen molar-refractivity contribution in [2.24, 2.45) is 10.6 Å². The Balaban J connectivity index is 2.52. The predicted octanol–water partition coefficient (Wildman–Crippen LogP) is 3.62. The first-order valence-electron chi connectivity index (χ1n) is 4.93. The van der Waals surface area contributed by atoms with Crippen LogP contribution in [0.25, 0.3) is 0 Å². The van der Waals surface area contributed by atoms with Gasteiger partial charge in [0.2, 0.25) is 0 Å². The van der Waals surface area contributed by atoms with Crippen LogP contribution in [0.3, 0.4) is 0 Å². The van der Waals surface area contributed by atoms with Crippen molar-refractivity contribution >= 4 is 28.8 Å². The zero-order chi connectivity index (χ0) is 11.1. The van der Waals surface area contributed by atoms with Gasteiger partial charge in [-0.1, -0.05) is 19.0 Å². The Morgan fingerprint density at radius 1 is 1.47 bits per heavy atom. The van der Waals surface area contributed by atoms with Crippen molar-refractivity contribution in [1.29, 1.82) is 0 Å². The molecule has 1 N–H and O–H groups in total. The van der Waals surface area contributed by atoms with E-state index in [0.29, 0.717) is 0 Å². The minimum atomic E-state index is 0.214. The maximum absolute atomic E-state index is 9.09. The standard InChI is InChI=1S/C11H15NOS2/c1-11(2)4-7-6-15-10(14-3)9(7)8(5-11)12-13/h6,13H,4-5H2,1-3H3. The van der Waals surface area contributed by atoms with Gasteiger partial charge in [-0.3, -0.25) is 0 Å². The van der Waals surface area contributed by atoms with Gasteiger partial charge in [-0.25, -0.2) is 0 Å². The number of thioether (sulfide) groups is 1. The normalized spacial score (nSPS) is 21.7. The molecule has 0 fully saturated rings. The highest BCUT2D eigenvalue weighted by Gasteiger charge is 2.32. The number of thiophene rings is 1. The van der Waals surface area contributed by atoms with Crippen LogP contribution in [0.4, 0.5) is 0 Å². The van der Waals surface area contributed by atoms with Gasteiger partial charge < -0.3 is 5.21 Å². The van der Waals surface area contributed by atoms with Gasteiger partial charge in [-0.2, -0.15) is 0 Å². The van der Waals surface area contributed by atoms with Gasteiger partial charge in [-0.15, -0.1) is 23.1 Å². The van der Waals surface area contributed by atoms with Gasteiger partial charge in [0.05, 0.1) is 9.92 Å². The molecule has 0 bridgehead atoms. The van der Waals surface area contributed by atoms with Crippen molar-refractivity contribution in [3.8, 4) is 0 Å². The molecule has 0 aliphatic heterocycles. The Morgan fingerprint density at radius 2 is 2.20 bits per heavy atom. The summed E-state index contributed by atoms with van der Waals surface area (Å²) in [5.74, 6) is 0. The van der Waals surface area contributed by atoms with Crippen LogP contribution in [0.2, 0.25) is 0 Å². The molecule has 0 spiro atoms. The third-order valence-corrected chi connectivity index (χ3v) is 4.93. The van der Waals surface area contributed by atoms with Crippen molar-refractivity contribution < 1.29 is 5.21 Å². The summed E-state index contributed by atoms with van der Waals surface area (Å²) < 4.78 is 1.27. The van der Waals surface area contributed by atoms with Crippen LogP contribution in [-0.2, 0) is 6.42 Å². The van der Waals surface area contributed by atoms with Crippen LogP contribution < -0.4 is 0 Å². The Morgan fingerprint density at radius 3 is 2.80 bits per heavy atom. The SMILES string of the molecule is CSc1scc2c1C(=NO)CC(C)(C)C2. The fourth-order valence-corrected chi connectivity index (χ4v) is 3.96. The summed E-state index contributed by atoms with van der Waals surface area (Å²) in [6.45, 7) is 4.44. The molecule has 1 aliphatic carbocycles. The van der Waals surface area contributed by atoms with E-state index >= 15 is 0 Å². The van der Waals surface area contributed by atoms with Crippen LogP contribution in [0.1, 0.15) is 31.4 Å². The van der Waals surface area contributed by atoms with E-state index in [1.165, 1.54) is 15.3 Å². The summed E-state index contributed by atoms with van der Waals surface area (Å²) in [5.41, 5.74) is 3.60. The quantitative estimate of drug-likeness (QED) is 0.463. The van der Waals surface area contributed by atoms with Gasteiger partial charge in [0.15, 0.2) is 0 Å². The molecular formula is C11H15NOS2. The Bertz CT molecular complexity index is 407. The van der Waals surface area contributed by atoms with Crippen LogP contribution in [0, 0.1) is 5.41 Å². The highest BCUT2D eigenvalue weighted by atomic mass is 32.2. The number of oxime groups is 1. The lowest BCUT2D eigenvalue weighted by Crippen LogP contribution is -2.26. The number of rotatable bonds is 1. The fraction of sp³-hybridized carbons (Fsp3) is 0.545. The molecule has 0 unspecified atom stereocenters. The molecule has 2 nitrogen and oxygen atoms in total. The van der Waals surface area contributed by atoms with E-state index in [-0.39, 0.29) is 5.41 Å². The van der Waals surface area contributed by atoms with Crippen molar-refractivity contribution in [3.63, 3.8) is 0 Å². The molecule has 0 saturated heterocycles. The maximum atomic E-state index is 9.09. The molecule has 0 saturated carbocycles. The van der Waals surface area contributed by atoms with Crippen LogP contribution in [0.5, 0.6) is 0 Å². The summed E-state index contributed by atoms with van der Waals surface area (Å²) in [4.78, 5) is 0. The molecule has 15 heavy (non-hydrogen) atoms. The Hall–Kier alpha value is -0.480. The minimum Gasteiger partial charge on any atom is -0.411 e. The summed E-state index contributed by atoms with van der Waals surface area (Å²) in [5, 5.41) is 14.8. The molecule has 1 aliphatic rings. The predicted molar refractivity (Wildman–Crippen MR) is 66.5 cm³/mol. The monoisotopic (exact) mass is 241 g/mol. The Kier molecular flexibility index (Phi) is 2.81. The summed E-state index contributed by atoms with van der Waals surface area (Å²) in [6, 6.07) is 0. The third-order valence-electron chi connectivity index (χ3n) is 2.74. The molecular weight excluding hydrogens is 226 g/mol. The lowest BCUT2D eigenvalue weighted by Gasteiger charge is -2.30. The van der Waals surface area contributed by atoms with E-state index in [1.807, 2.05) is 0 Å². The zero-order valence-corrected chi connectivity index (χ0v) is 10.8. The molecule has 0 atom stereocenters. The van der Waals surface area contributed by atoms with Crippen molar-refractivity contribution in [2.75, 3.05) is 6.26 Å². The molecule has 1 heterocycles. The number of hydrogen-bond acceptors (Lipinski definition) is 4. The number of nitrogens with zero attached hydrogens (tertiary/aromatic N) is 1. The molecule has 0 radical (unpaired) electrons. The summed E-state index contributed by atoms with van der Waals surface area (Å²) in [6.07, 6.45) is 4.01. The van der Waals surface area contributed by atoms with E-state index in [4.69, 9.17) is 5.21 Å². The van der Waals surface area contributed by atoms with Crippen LogP contribution in [0.15, 0.2) is 14.7 Å². The average Bonchev–Trinajstić information content (AvgIpc) is 2.57. The van der Waals surface area contributed by atoms with E-state index in [2.05, 4.69) is 30.6 Å². The second-order valence-corrected chi connectivity index (χ2v) is 6.65. The highest BCUT2D eigenvalue weighted by molar-refractivity contribution is 8.00. The molecule has 0 amide bonds. The van der Waals surface area contributed by atoms with Crippen molar-refractivity contribution in [2.45, 2.75) is 30.9 Å². The highest BCUT2D eigenvalue weighted by Crippen LogP contribution is 2.41. The molecule has 1 aromatic heterocycles. The van der Waals surface area contributed by atoms with Gasteiger partial charge in [0.1, 0.15) is 0 Å². The average molecular weight is 241 g/mol. The zero-order valence-electron chi connectivity index (χ0n) is 9.20. The smallest absolute Gasteiger partial charge is 0.0895 e. The second kappa shape index (κ2) is 3.83. The largest absolute Gasteiger partial charge is 0.411 e. The minimum absolute atomic E-state index is 0.214. The van der Waals surface area contributed by atoms with Gasteiger partial charge in [-0.05, 0) is 35.5 Å². The van der Waals surface area contributed by atoms with E-state index in [0.717, 1.165) is 18.6 Å². The lowest BCUT2D eigenvalue weighted by atomic mass is 9.75. The van der Waals surface area contributed by atoms with E-state index in [9.17, 15) is 0 Å². The second-order valence-electron chi connectivity index (χ2n) is 4.69. The first kappa shape index (κ1) is 11.0. The molecule has 82 valence electrons. The van der Waals surface area contributed by atoms with Crippen molar-refractivity contribution in [1.82, 2.24) is 0 Å². The lowest BCUT2D eigenvalue weighted by molar-refractivity contribution is 0.306. The maximum Gasteiger partial charge on any atom is 0.0895 e. The molecule has 4 heteroatoms. The Labute approximate surface area is 98.4 Å². The first-order chi connectivity index (χ1) is 7.07. The number of hydrogen-bond donors (Lipinski definition) is 1. The molecule has 2 rings (SSSR count).